The fraction of sp³-hybridized carbons (Fsp3) is 0.708. The number of furan rings is 1. The van der Waals surface area contributed by atoms with E-state index in [0.717, 1.165) is 0 Å². The molecule has 4 aliphatic rings. The molecule has 0 radical (unpaired) electrons. The average molecular weight is 462 g/mol. The number of esters is 2. The molecule has 7 unspecified atom stereocenters. The Labute approximate surface area is 191 Å². The maximum Gasteiger partial charge on any atom is 0.302 e. The minimum atomic E-state index is -1.70. The van der Waals surface area contributed by atoms with Crippen molar-refractivity contribution in [3.05, 3.63) is 24.2 Å². The third-order valence-corrected chi connectivity index (χ3v) is 8.89. The minimum absolute atomic E-state index is 0.0581. The zero-order chi connectivity index (χ0) is 23.9. The molecule has 33 heavy (non-hydrogen) atoms. The molecule has 2 saturated heterocycles. The van der Waals surface area contributed by atoms with Gasteiger partial charge in [0.15, 0.2) is 17.2 Å². The molecule has 0 bridgehead atoms. The summed E-state index contributed by atoms with van der Waals surface area (Å²) in [5.74, 6) is -2.92. The van der Waals surface area contributed by atoms with Crippen LogP contribution in [0, 0.1) is 16.7 Å². The fourth-order valence-electron chi connectivity index (χ4n) is 7.21. The van der Waals surface area contributed by atoms with E-state index in [2.05, 4.69) is 0 Å². The van der Waals surface area contributed by atoms with E-state index in [1.807, 2.05) is 13.8 Å². The van der Waals surface area contributed by atoms with Crippen molar-refractivity contribution in [3.8, 4) is 0 Å². The summed E-state index contributed by atoms with van der Waals surface area (Å²) in [6, 6.07) is 1.65. The molecule has 2 aliphatic heterocycles. The van der Waals surface area contributed by atoms with E-state index in [-0.39, 0.29) is 44.2 Å². The van der Waals surface area contributed by atoms with E-state index in [4.69, 9.17) is 23.4 Å². The molecule has 1 aromatic heterocycles. The largest absolute Gasteiger partial charge is 0.472 e. The predicted octanol–water partition coefficient (Wildman–Crippen LogP) is 2.24. The lowest BCUT2D eigenvalue weighted by atomic mass is 9.41. The summed E-state index contributed by atoms with van der Waals surface area (Å²) in [6.07, 6.45) is 3.19. The van der Waals surface area contributed by atoms with Gasteiger partial charge in [0.2, 0.25) is 0 Å². The number of aliphatic hydroxyl groups is 1. The van der Waals surface area contributed by atoms with Gasteiger partial charge in [0.05, 0.1) is 24.7 Å². The Hall–Kier alpha value is -2.23. The van der Waals surface area contributed by atoms with E-state index in [1.54, 1.807) is 6.07 Å². The fourth-order valence-corrected chi connectivity index (χ4v) is 7.21. The van der Waals surface area contributed by atoms with Gasteiger partial charge in [0.25, 0.3) is 0 Å². The molecular weight excluding hydrogens is 432 g/mol. The Balaban J connectivity index is 1.76. The average Bonchev–Trinajstić information content (AvgIpc) is 3.22. The van der Waals surface area contributed by atoms with Gasteiger partial charge in [-0.3, -0.25) is 14.4 Å². The highest BCUT2D eigenvalue weighted by atomic mass is 16.7. The summed E-state index contributed by atoms with van der Waals surface area (Å²) in [7, 11) is 0. The van der Waals surface area contributed by atoms with Crippen LogP contribution < -0.4 is 0 Å². The standard InChI is InChI=1S/C24H30O9/c1-14-9-19(32-16(3)26)21(12-30-15(2)25)22(13-31-22)18(27)5-7-24(21)20(14,4)11-23(28,33-24)17-6-8-29-10-17/h6,8,10,14,19,28H,5,7,9,11-13H2,1-4H3. The summed E-state index contributed by atoms with van der Waals surface area (Å²) >= 11 is 0. The van der Waals surface area contributed by atoms with E-state index < -0.39 is 45.9 Å². The van der Waals surface area contributed by atoms with Crippen LogP contribution in [-0.2, 0) is 39.1 Å². The van der Waals surface area contributed by atoms with Crippen molar-refractivity contribution < 1.29 is 42.9 Å². The highest BCUT2D eigenvalue weighted by molar-refractivity contribution is 5.93. The van der Waals surface area contributed by atoms with E-state index >= 15 is 0 Å². The summed E-state index contributed by atoms with van der Waals surface area (Å²) in [4.78, 5) is 37.5. The molecule has 7 atom stereocenters. The van der Waals surface area contributed by atoms with Crippen LogP contribution in [0.3, 0.4) is 0 Å². The zero-order valence-corrected chi connectivity index (χ0v) is 19.3. The number of epoxide rings is 1. The van der Waals surface area contributed by atoms with Crippen LogP contribution in [0.25, 0.3) is 0 Å². The molecule has 0 amide bonds. The number of rotatable bonds is 4. The van der Waals surface area contributed by atoms with Crippen molar-refractivity contribution in [2.24, 2.45) is 16.7 Å². The van der Waals surface area contributed by atoms with Crippen molar-refractivity contribution in [2.75, 3.05) is 13.2 Å². The lowest BCUT2D eigenvalue weighted by molar-refractivity contribution is -0.327. The molecule has 4 fully saturated rings. The smallest absolute Gasteiger partial charge is 0.302 e. The number of fused-ring (bicyclic) bond motifs is 1. The van der Waals surface area contributed by atoms with Gasteiger partial charge >= 0.3 is 11.9 Å². The Kier molecular flexibility index (Phi) is 4.71. The van der Waals surface area contributed by atoms with Crippen molar-refractivity contribution in [1.29, 1.82) is 0 Å². The van der Waals surface area contributed by atoms with Gasteiger partial charge in [-0.05, 0) is 24.8 Å². The maximum atomic E-state index is 13.3. The van der Waals surface area contributed by atoms with Crippen LogP contribution in [0.4, 0.5) is 0 Å². The van der Waals surface area contributed by atoms with Gasteiger partial charge in [-0.15, -0.1) is 0 Å². The second kappa shape index (κ2) is 6.90. The monoisotopic (exact) mass is 462 g/mol. The molecule has 9 nitrogen and oxygen atoms in total. The first kappa shape index (κ1) is 22.6. The predicted molar refractivity (Wildman–Crippen MR) is 110 cm³/mol. The Morgan fingerprint density at radius 3 is 2.58 bits per heavy atom. The second-order valence-corrected chi connectivity index (χ2v) is 10.3. The van der Waals surface area contributed by atoms with Crippen LogP contribution >= 0.6 is 0 Å². The molecule has 5 rings (SSSR count). The number of carbonyl (C=O) groups excluding carboxylic acids is 3. The third-order valence-electron chi connectivity index (χ3n) is 8.89. The highest BCUT2D eigenvalue weighted by Crippen LogP contribution is 2.76. The van der Waals surface area contributed by atoms with Gasteiger partial charge in [-0.1, -0.05) is 13.8 Å². The van der Waals surface area contributed by atoms with E-state index in [0.29, 0.717) is 12.0 Å². The van der Waals surface area contributed by atoms with Gasteiger partial charge in [0, 0.05) is 37.7 Å². The van der Waals surface area contributed by atoms with E-state index in [9.17, 15) is 19.5 Å². The summed E-state index contributed by atoms with van der Waals surface area (Å²) in [6.45, 7) is 6.56. The second-order valence-electron chi connectivity index (χ2n) is 10.3. The molecule has 3 heterocycles. The first-order chi connectivity index (χ1) is 15.5. The van der Waals surface area contributed by atoms with Crippen molar-refractivity contribution >= 4 is 17.7 Å². The maximum absolute atomic E-state index is 13.3. The SMILES string of the molecule is CC(=O)OCC12C(OC(C)=O)CC(C)C3(C)CC(O)(c4ccoc4)OC31CCC(=O)C21CO1. The minimum Gasteiger partial charge on any atom is -0.472 e. The molecule has 9 heteroatoms. The lowest BCUT2D eigenvalue weighted by Crippen LogP contribution is -2.78. The lowest BCUT2D eigenvalue weighted by Gasteiger charge is -2.65. The van der Waals surface area contributed by atoms with Crippen molar-refractivity contribution in [2.45, 2.75) is 76.5 Å². The van der Waals surface area contributed by atoms with Crippen LogP contribution in [0.1, 0.15) is 58.9 Å². The van der Waals surface area contributed by atoms with Crippen LogP contribution in [-0.4, -0.2) is 53.3 Å². The number of hydrogen-bond donors (Lipinski definition) is 1. The number of ether oxygens (including phenoxy) is 4. The molecule has 1 aromatic rings. The van der Waals surface area contributed by atoms with Crippen molar-refractivity contribution in [3.63, 3.8) is 0 Å². The molecular formula is C24H30O9. The quantitative estimate of drug-likeness (QED) is 0.530. The normalized spacial score (nSPS) is 45.9. The molecule has 180 valence electrons. The van der Waals surface area contributed by atoms with Gasteiger partial charge in [0.1, 0.15) is 18.1 Å². The van der Waals surface area contributed by atoms with Gasteiger partial charge in [-0.2, -0.15) is 0 Å². The number of Topliss-reactive ketones (excluding diaryl/α,β-unsaturated/α-hetero) is 1. The van der Waals surface area contributed by atoms with Crippen LogP contribution in [0.2, 0.25) is 0 Å². The zero-order valence-electron chi connectivity index (χ0n) is 19.3. The summed E-state index contributed by atoms with van der Waals surface area (Å²) in [5, 5.41) is 11.8. The summed E-state index contributed by atoms with van der Waals surface area (Å²) < 4.78 is 29.3. The Morgan fingerprint density at radius 1 is 1.27 bits per heavy atom. The molecule has 0 aromatic carbocycles. The number of hydrogen-bond acceptors (Lipinski definition) is 9. The van der Waals surface area contributed by atoms with Crippen LogP contribution in [0.15, 0.2) is 23.0 Å². The first-order valence-corrected chi connectivity index (χ1v) is 11.4. The first-order valence-electron chi connectivity index (χ1n) is 11.4. The summed E-state index contributed by atoms with van der Waals surface area (Å²) in [5.41, 5.74) is -4.00. The Bertz CT molecular complexity index is 998. The molecule has 1 N–H and O–H groups in total. The van der Waals surface area contributed by atoms with Crippen LogP contribution in [0.5, 0.6) is 0 Å². The molecule has 2 spiro atoms. The highest BCUT2D eigenvalue weighted by Gasteiger charge is 2.87. The topological polar surface area (TPSA) is 125 Å². The third kappa shape index (κ3) is 2.67. The molecule has 2 aliphatic carbocycles. The Morgan fingerprint density at radius 2 is 2.00 bits per heavy atom. The molecule has 2 saturated carbocycles. The van der Waals surface area contributed by atoms with Gasteiger partial charge in [-0.25, -0.2) is 0 Å². The van der Waals surface area contributed by atoms with Gasteiger partial charge < -0.3 is 28.5 Å². The number of carbonyl (C=O) groups is 3. The van der Waals surface area contributed by atoms with Crippen molar-refractivity contribution in [1.82, 2.24) is 0 Å². The number of ketones is 1. The van der Waals surface area contributed by atoms with E-state index in [1.165, 1.54) is 26.4 Å².